The second kappa shape index (κ2) is 25.2. The van der Waals surface area contributed by atoms with Crippen LogP contribution < -0.4 is 11.2 Å². The van der Waals surface area contributed by atoms with Gasteiger partial charge >= 0.3 is 8.60 Å². The Morgan fingerprint density at radius 1 is 1.05 bits per heavy atom. The van der Waals surface area contributed by atoms with E-state index in [1.807, 2.05) is 22.9 Å². The van der Waals surface area contributed by atoms with Crippen molar-refractivity contribution in [1.82, 2.24) is 4.68 Å². The number of ether oxygens (including phenoxy) is 3. The van der Waals surface area contributed by atoms with Crippen LogP contribution in [0.25, 0.3) is 0 Å². The van der Waals surface area contributed by atoms with E-state index in [-0.39, 0.29) is 37.6 Å². The van der Waals surface area contributed by atoms with Crippen molar-refractivity contribution in [3.05, 3.63) is 58.7 Å². The predicted molar refractivity (Wildman–Crippen MR) is 215 cm³/mol. The van der Waals surface area contributed by atoms with Crippen LogP contribution in [0.3, 0.4) is 0 Å². The Labute approximate surface area is 334 Å². The van der Waals surface area contributed by atoms with Gasteiger partial charge in [0.05, 0.1) is 43.3 Å². The number of methoxy groups -OCH3 is 1. The number of aromatic nitrogens is 1. The largest absolute Gasteiger partial charge is 0.382 e. The molecule has 15 heteroatoms. The summed E-state index contributed by atoms with van der Waals surface area (Å²) < 4.78 is 44.0. The van der Waals surface area contributed by atoms with E-state index in [0.717, 1.165) is 30.7 Å². The molecule has 4 unspecified atom stereocenters. The van der Waals surface area contributed by atoms with Crippen LogP contribution in [-0.4, -0.2) is 65.0 Å². The molecule has 5 N–H and O–H groups in total. The van der Waals surface area contributed by atoms with Gasteiger partial charge in [0.25, 0.3) is 0 Å². The molecule has 4 atom stereocenters. The highest BCUT2D eigenvalue weighted by molar-refractivity contribution is 7.40. The molecule has 2 aromatic rings. The van der Waals surface area contributed by atoms with E-state index in [2.05, 4.69) is 28.1 Å². The van der Waals surface area contributed by atoms with Crippen molar-refractivity contribution in [2.24, 2.45) is 10.7 Å². The van der Waals surface area contributed by atoms with Gasteiger partial charge in [-0.1, -0.05) is 90.4 Å². The number of aliphatic imine (C=N–C) groups is 1. The van der Waals surface area contributed by atoms with Crippen molar-refractivity contribution < 1.29 is 37.6 Å². The van der Waals surface area contributed by atoms with E-state index in [9.17, 15) is 19.8 Å². The minimum Gasteiger partial charge on any atom is -0.382 e. The molecule has 0 radical (unpaired) electrons. The lowest BCUT2D eigenvalue weighted by Crippen LogP contribution is -2.34. The SMILES string of the molecule is CCCCCCCCCCCCCCCC(COP(O)OCC1(C#N)CCC(c2ccc3n2NCN=C3N)O1)OCc1cc(F)cc(C#N)c1.COC(C)(C)O. The number of unbranched alkanes of at least 4 members (excludes halogenated alkanes) is 12. The number of hydrogen-bond donors (Lipinski definition) is 4. The van der Waals surface area contributed by atoms with E-state index < -0.39 is 25.8 Å². The van der Waals surface area contributed by atoms with Crippen LogP contribution in [0, 0.1) is 28.5 Å². The summed E-state index contributed by atoms with van der Waals surface area (Å²) in [7, 11) is -0.860. The van der Waals surface area contributed by atoms with Crippen molar-refractivity contribution in [1.29, 1.82) is 10.5 Å². The summed E-state index contributed by atoms with van der Waals surface area (Å²) >= 11 is 0. The molecule has 0 saturated carbocycles. The lowest BCUT2D eigenvalue weighted by molar-refractivity contribution is -0.155. The van der Waals surface area contributed by atoms with Crippen LogP contribution >= 0.6 is 8.60 Å². The van der Waals surface area contributed by atoms with E-state index in [1.165, 1.54) is 83.5 Å². The third-order valence-electron chi connectivity index (χ3n) is 9.84. The Morgan fingerprint density at radius 2 is 1.70 bits per heavy atom. The molecule has 2 aliphatic rings. The lowest BCUT2D eigenvalue weighted by Gasteiger charge is -2.25. The summed E-state index contributed by atoms with van der Waals surface area (Å²) in [6.45, 7) is 5.76. The first kappa shape index (κ1) is 47.2. The molecule has 56 heavy (non-hydrogen) atoms. The van der Waals surface area contributed by atoms with Gasteiger partial charge in [-0.05, 0) is 69.0 Å². The highest BCUT2D eigenvalue weighted by Crippen LogP contribution is 2.43. The molecule has 0 spiro atoms. The summed E-state index contributed by atoms with van der Waals surface area (Å²) in [5.41, 5.74) is 10.3. The zero-order valence-electron chi connectivity index (χ0n) is 33.8. The smallest absolute Gasteiger partial charge is 0.330 e. The van der Waals surface area contributed by atoms with Crippen molar-refractivity contribution in [2.75, 3.05) is 32.4 Å². The Balaban J connectivity index is 0.00000130. The number of benzene rings is 1. The number of aliphatic hydroxyl groups is 1. The molecule has 2 aliphatic heterocycles. The van der Waals surface area contributed by atoms with Gasteiger partial charge in [0.1, 0.15) is 36.2 Å². The minimum absolute atomic E-state index is 0.0643. The molecule has 1 aromatic carbocycles. The van der Waals surface area contributed by atoms with Gasteiger partial charge in [0.15, 0.2) is 11.4 Å². The maximum atomic E-state index is 14.0. The van der Waals surface area contributed by atoms with Crippen LogP contribution in [-0.2, 0) is 29.9 Å². The van der Waals surface area contributed by atoms with Gasteiger partial charge in [-0.3, -0.25) is 4.68 Å². The molecule has 1 fully saturated rings. The average molecular weight is 803 g/mol. The molecule has 0 bridgehead atoms. The minimum atomic E-state index is -2.32. The number of nitrogens with zero attached hydrogens (tertiary/aromatic N) is 4. The first-order chi connectivity index (χ1) is 26.9. The molecule has 312 valence electrons. The molecular formula is C41H64FN6O7P. The Kier molecular flexibility index (Phi) is 21.3. The zero-order valence-corrected chi connectivity index (χ0v) is 34.7. The second-order valence-electron chi connectivity index (χ2n) is 15.0. The van der Waals surface area contributed by atoms with Gasteiger partial charge in [0, 0.05) is 7.11 Å². The Bertz CT molecular complexity index is 1560. The van der Waals surface area contributed by atoms with Crippen LogP contribution in [0.2, 0.25) is 0 Å². The topological polar surface area (TPSA) is 190 Å². The van der Waals surface area contributed by atoms with Crippen LogP contribution in [0.15, 0.2) is 35.3 Å². The number of amidine groups is 1. The Morgan fingerprint density at radius 3 is 2.30 bits per heavy atom. The van der Waals surface area contributed by atoms with E-state index in [4.69, 9.17) is 29.4 Å². The fourth-order valence-corrected chi connectivity index (χ4v) is 7.18. The van der Waals surface area contributed by atoms with Gasteiger partial charge in [-0.25, -0.2) is 9.38 Å². The first-order valence-corrected chi connectivity index (χ1v) is 21.2. The standard InChI is InChI=1S/C37H54FN6O5P.C4H10O2/c1-2-3-4-5-6-7-8-9-10-11-12-13-14-15-32(46-24-30-20-29(23-39)21-31(38)22-30)25-47-50(45)48-27-37(26-40)19-18-35(49-37)33-16-17-34-36(41)42-28-43-44(33)34;1-4(2,5)6-3/h16-17,20-22,32,35,43,45H,2-15,18-19,24-25,27-28H2,1H3,(H2,41,42);5H,1-3H3. The number of fused-ring (bicyclic) bond motifs is 1. The van der Waals surface area contributed by atoms with E-state index in [0.29, 0.717) is 37.3 Å². The summed E-state index contributed by atoms with van der Waals surface area (Å²) in [6.07, 6.45) is 17.2. The third-order valence-corrected chi connectivity index (χ3v) is 10.6. The van der Waals surface area contributed by atoms with E-state index in [1.54, 1.807) is 19.9 Å². The quantitative estimate of drug-likeness (QED) is 0.0428. The van der Waals surface area contributed by atoms with Gasteiger partial charge in [0.2, 0.25) is 0 Å². The first-order valence-electron chi connectivity index (χ1n) is 20.1. The van der Waals surface area contributed by atoms with Crippen molar-refractivity contribution in [3.63, 3.8) is 0 Å². The van der Waals surface area contributed by atoms with Crippen LogP contribution in [0.4, 0.5) is 4.39 Å². The Hall–Kier alpha value is -3.17. The van der Waals surface area contributed by atoms with Crippen molar-refractivity contribution in [2.45, 2.75) is 154 Å². The number of nitrogens with one attached hydrogen (secondary N) is 1. The summed E-state index contributed by atoms with van der Waals surface area (Å²) in [4.78, 5) is 14.8. The van der Waals surface area contributed by atoms with Crippen molar-refractivity contribution >= 4 is 14.4 Å². The second-order valence-corrected chi connectivity index (χ2v) is 16.0. The number of rotatable bonds is 25. The maximum absolute atomic E-state index is 14.0. The summed E-state index contributed by atoms with van der Waals surface area (Å²) in [6, 6.07) is 12.1. The third kappa shape index (κ3) is 17.1. The molecular weight excluding hydrogens is 738 g/mol. The van der Waals surface area contributed by atoms with E-state index >= 15 is 0 Å². The lowest BCUT2D eigenvalue weighted by atomic mass is 10.0. The average Bonchev–Trinajstić information content (AvgIpc) is 3.82. The number of nitriles is 2. The number of halogens is 1. The molecule has 3 heterocycles. The molecule has 1 aromatic heterocycles. The molecule has 4 rings (SSSR count). The zero-order chi connectivity index (χ0) is 40.8. The summed E-state index contributed by atoms with van der Waals surface area (Å²) in [5.74, 6) is -1.02. The van der Waals surface area contributed by atoms with Crippen LogP contribution in [0.5, 0.6) is 0 Å². The van der Waals surface area contributed by atoms with Gasteiger partial charge in [-0.15, -0.1) is 0 Å². The predicted octanol–water partition coefficient (Wildman–Crippen LogP) is 8.51. The number of nitrogens with two attached hydrogens (primary N) is 1. The molecule has 0 aliphatic carbocycles. The highest BCUT2D eigenvalue weighted by Gasteiger charge is 2.43. The fraction of sp³-hybridized carbons (Fsp3) is 0.683. The van der Waals surface area contributed by atoms with Crippen molar-refractivity contribution in [3.8, 4) is 12.1 Å². The monoisotopic (exact) mass is 802 g/mol. The van der Waals surface area contributed by atoms with Crippen LogP contribution in [0.1, 0.15) is 152 Å². The molecule has 0 amide bonds. The maximum Gasteiger partial charge on any atom is 0.330 e. The normalized spacial score (nSPS) is 18.8. The van der Waals surface area contributed by atoms with Gasteiger partial charge < -0.3 is 44.4 Å². The molecule has 13 nitrogen and oxygen atoms in total. The fourth-order valence-electron chi connectivity index (χ4n) is 6.50. The van der Waals surface area contributed by atoms with Gasteiger partial charge in [-0.2, -0.15) is 10.5 Å². The highest BCUT2D eigenvalue weighted by atomic mass is 31.2. The summed E-state index contributed by atoms with van der Waals surface area (Å²) in [5, 5.41) is 27.9. The number of hydrogen-bond acceptors (Lipinski definition) is 12. The molecule has 1 saturated heterocycles.